The van der Waals surface area contributed by atoms with E-state index in [-0.39, 0.29) is 6.10 Å². The van der Waals surface area contributed by atoms with Crippen LogP contribution < -0.4 is 0 Å². The molecule has 0 amide bonds. The number of rotatable bonds is 5. The van der Waals surface area contributed by atoms with E-state index in [9.17, 15) is 5.11 Å². The molecule has 0 aliphatic heterocycles. The van der Waals surface area contributed by atoms with Crippen molar-refractivity contribution in [2.24, 2.45) is 23.2 Å². The minimum Gasteiger partial charge on any atom is -0.393 e. The van der Waals surface area contributed by atoms with Gasteiger partial charge in [-0.2, -0.15) is 0 Å². The number of hydrogen-bond acceptors (Lipinski definition) is 1. The highest BCUT2D eigenvalue weighted by Crippen LogP contribution is 2.61. The van der Waals surface area contributed by atoms with Crippen molar-refractivity contribution in [1.29, 1.82) is 0 Å². The monoisotopic (exact) mass is 234 g/mol. The van der Waals surface area contributed by atoms with E-state index in [4.69, 9.17) is 0 Å². The quantitative estimate of drug-likeness (QED) is 0.715. The standard InChI is InChI=1S/C16H26O/c1-2-3-4-15(17)11-16-8-12-5-13(9-16)7-14(6-12)10-16/h2,12-15,17H,1,3-11H2. The molecule has 4 aliphatic rings. The largest absolute Gasteiger partial charge is 0.393 e. The van der Waals surface area contributed by atoms with E-state index in [1.54, 1.807) is 0 Å². The summed E-state index contributed by atoms with van der Waals surface area (Å²) in [4.78, 5) is 0. The van der Waals surface area contributed by atoms with Gasteiger partial charge < -0.3 is 5.11 Å². The molecule has 1 nitrogen and oxygen atoms in total. The molecule has 4 aliphatic carbocycles. The van der Waals surface area contributed by atoms with Crippen molar-refractivity contribution in [2.45, 2.75) is 63.9 Å². The van der Waals surface area contributed by atoms with E-state index in [1.807, 2.05) is 6.08 Å². The molecule has 0 radical (unpaired) electrons. The van der Waals surface area contributed by atoms with E-state index in [1.165, 1.54) is 38.5 Å². The lowest BCUT2D eigenvalue weighted by molar-refractivity contribution is -0.0764. The molecule has 0 aromatic rings. The first kappa shape index (κ1) is 11.8. The summed E-state index contributed by atoms with van der Waals surface area (Å²) < 4.78 is 0. The lowest BCUT2D eigenvalue weighted by atomic mass is 9.48. The molecule has 4 bridgehead atoms. The van der Waals surface area contributed by atoms with Gasteiger partial charge in [0.25, 0.3) is 0 Å². The molecule has 0 saturated heterocycles. The van der Waals surface area contributed by atoms with Crippen LogP contribution in [0.3, 0.4) is 0 Å². The fraction of sp³-hybridized carbons (Fsp3) is 0.875. The van der Waals surface area contributed by atoms with Gasteiger partial charge in [0.05, 0.1) is 6.10 Å². The molecule has 0 spiro atoms. The molecule has 4 saturated carbocycles. The van der Waals surface area contributed by atoms with E-state index < -0.39 is 0 Å². The van der Waals surface area contributed by atoms with Crippen molar-refractivity contribution in [3.05, 3.63) is 12.7 Å². The third-order valence-electron chi connectivity index (χ3n) is 5.54. The molecule has 0 heterocycles. The Hall–Kier alpha value is -0.300. The molecule has 0 aromatic carbocycles. The summed E-state index contributed by atoms with van der Waals surface area (Å²) in [5.41, 5.74) is 0.537. The molecule has 1 unspecified atom stereocenters. The van der Waals surface area contributed by atoms with Crippen molar-refractivity contribution in [1.82, 2.24) is 0 Å². The van der Waals surface area contributed by atoms with Crippen LogP contribution in [0, 0.1) is 23.2 Å². The van der Waals surface area contributed by atoms with E-state index in [0.717, 1.165) is 37.0 Å². The van der Waals surface area contributed by atoms with Crippen LogP contribution in [-0.2, 0) is 0 Å². The minimum absolute atomic E-state index is 0.0794. The van der Waals surface area contributed by atoms with Crippen LogP contribution in [0.5, 0.6) is 0 Å². The van der Waals surface area contributed by atoms with Gasteiger partial charge in [-0.05, 0) is 81.0 Å². The van der Waals surface area contributed by atoms with Crippen molar-refractivity contribution in [2.75, 3.05) is 0 Å². The molecule has 17 heavy (non-hydrogen) atoms. The summed E-state index contributed by atoms with van der Waals surface area (Å²) in [6.07, 6.45) is 13.6. The van der Waals surface area contributed by atoms with Crippen molar-refractivity contribution < 1.29 is 5.11 Å². The van der Waals surface area contributed by atoms with Crippen LogP contribution in [0.2, 0.25) is 0 Å². The topological polar surface area (TPSA) is 20.2 Å². The van der Waals surface area contributed by atoms with Gasteiger partial charge in [0.1, 0.15) is 0 Å². The highest BCUT2D eigenvalue weighted by Gasteiger charge is 2.51. The van der Waals surface area contributed by atoms with Gasteiger partial charge in [0.2, 0.25) is 0 Å². The Balaban J connectivity index is 1.63. The van der Waals surface area contributed by atoms with E-state index in [2.05, 4.69) is 6.58 Å². The number of allylic oxidation sites excluding steroid dienone is 1. The number of aliphatic hydroxyl groups excluding tert-OH is 1. The fourth-order valence-corrected chi connectivity index (χ4v) is 5.45. The fourth-order valence-electron chi connectivity index (χ4n) is 5.45. The first-order chi connectivity index (χ1) is 8.19. The molecule has 4 fully saturated rings. The molecular formula is C16H26O. The van der Waals surface area contributed by atoms with Gasteiger partial charge in [0, 0.05) is 0 Å². The maximum Gasteiger partial charge on any atom is 0.0548 e. The molecule has 1 heteroatoms. The maximum atomic E-state index is 10.2. The Morgan fingerprint density at radius 1 is 1.12 bits per heavy atom. The van der Waals surface area contributed by atoms with Gasteiger partial charge >= 0.3 is 0 Å². The van der Waals surface area contributed by atoms with Crippen LogP contribution in [0.25, 0.3) is 0 Å². The number of hydrogen-bond donors (Lipinski definition) is 1. The molecule has 96 valence electrons. The second kappa shape index (κ2) is 4.42. The first-order valence-corrected chi connectivity index (χ1v) is 7.48. The van der Waals surface area contributed by atoms with Crippen LogP contribution in [0.4, 0.5) is 0 Å². The average molecular weight is 234 g/mol. The Labute approximate surface area is 105 Å². The third kappa shape index (κ3) is 2.31. The first-order valence-electron chi connectivity index (χ1n) is 7.48. The van der Waals surface area contributed by atoms with Crippen molar-refractivity contribution >= 4 is 0 Å². The lowest BCUT2D eigenvalue weighted by Crippen LogP contribution is -2.47. The molecular weight excluding hydrogens is 208 g/mol. The zero-order valence-electron chi connectivity index (χ0n) is 10.9. The zero-order valence-corrected chi connectivity index (χ0v) is 10.9. The Morgan fingerprint density at radius 2 is 1.65 bits per heavy atom. The third-order valence-corrected chi connectivity index (χ3v) is 5.54. The van der Waals surface area contributed by atoms with Crippen LogP contribution in [0.1, 0.15) is 57.8 Å². The second-order valence-electron chi connectivity index (χ2n) is 7.14. The Morgan fingerprint density at radius 3 is 2.12 bits per heavy atom. The predicted molar refractivity (Wildman–Crippen MR) is 70.7 cm³/mol. The minimum atomic E-state index is -0.0794. The summed E-state index contributed by atoms with van der Waals surface area (Å²) >= 11 is 0. The molecule has 1 atom stereocenters. The Bertz CT molecular complexity index is 259. The molecule has 0 aromatic heterocycles. The van der Waals surface area contributed by atoms with E-state index in [0.29, 0.717) is 5.41 Å². The predicted octanol–water partition coefficient (Wildman–Crippen LogP) is 3.92. The van der Waals surface area contributed by atoms with Crippen molar-refractivity contribution in [3.8, 4) is 0 Å². The highest BCUT2D eigenvalue weighted by molar-refractivity contribution is 5.02. The van der Waals surface area contributed by atoms with Gasteiger partial charge in [-0.3, -0.25) is 0 Å². The molecule has 4 rings (SSSR count). The highest BCUT2D eigenvalue weighted by atomic mass is 16.3. The van der Waals surface area contributed by atoms with E-state index >= 15 is 0 Å². The SMILES string of the molecule is C=CCCC(O)CC12CC3CC(CC(C3)C1)C2. The normalized spacial score (nSPS) is 44.9. The maximum absolute atomic E-state index is 10.2. The average Bonchev–Trinajstić information content (AvgIpc) is 2.23. The second-order valence-corrected chi connectivity index (χ2v) is 7.14. The summed E-state index contributed by atoms with van der Waals surface area (Å²) in [7, 11) is 0. The van der Waals surface area contributed by atoms with Gasteiger partial charge in [-0.25, -0.2) is 0 Å². The Kier molecular flexibility index (Phi) is 3.06. The summed E-state index contributed by atoms with van der Waals surface area (Å²) in [6, 6.07) is 0. The van der Waals surface area contributed by atoms with Gasteiger partial charge in [-0.15, -0.1) is 6.58 Å². The zero-order chi connectivity index (χ0) is 11.9. The van der Waals surface area contributed by atoms with Crippen LogP contribution in [-0.4, -0.2) is 11.2 Å². The van der Waals surface area contributed by atoms with Crippen LogP contribution in [0.15, 0.2) is 12.7 Å². The number of aliphatic hydroxyl groups is 1. The summed E-state index contributed by atoms with van der Waals surface area (Å²) in [5.74, 6) is 3.02. The van der Waals surface area contributed by atoms with Crippen molar-refractivity contribution in [3.63, 3.8) is 0 Å². The van der Waals surface area contributed by atoms with Crippen LogP contribution >= 0.6 is 0 Å². The lowest BCUT2D eigenvalue weighted by Gasteiger charge is -2.57. The summed E-state index contributed by atoms with van der Waals surface area (Å²) in [6.45, 7) is 3.75. The molecule has 1 N–H and O–H groups in total. The summed E-state index contributed by atoms with van der Waals surface area (Å²) in [5, 5.41) is 10.2. The van der Waals surface area contributed by atoms with Gasteiger partial charge in [0.15, 0.2) is 0 Å². The van der Waals surface area contributed by atoms with Gasteiger partial charge in [-0.1, -0.05) is 6.08 Å². The smallest absolute Gasteiger partial charge is 0.0548 e.